The number of carbonyl (C=O) groups excluding carboxylic acids is 1. The summed E-state index contributed by atoms with van der Waals surface area (Å²) in [5, 5.41) is 13.7. The van der Waals surface area contributed by atoms with E-state index in [0.717, 1.165) is 19.3 Å². The van der Waals surface area contributed by atoms with Crippen LogP contribution in [0.2, 0.25) is 0 Å². The number of aromatic nitrogens is 3. The second-order valence-electron chi connectivity index (χ2n) is 7.28. The van der Waals surface area contributed by atoms with Crippen LogP contribution in [0.5, 0.6) is 5.75 Å². The molecule has 33 heavy (non-hydrogen) atoms. The molecule has 0 aliphatic carbocycles. The second-order valence-corrected chi connectivity index (χ2v) is 7.68. The number of hydrogen-bond donors (Lipinski definition) is 2. The first-order chi connectivity index (χ1) is 15.9. The maximum absolute atomic E-state index is 13.5. The van der Waals surface area contributed by atoms with E-state index in [1.807, 2.05) is 30.3 Å². The number of anilines is 1. The van der Waals surface area contributed by atoms with Crippen LogP contribution < -0.4 is 15.4 Å². The van der Waals surface area contributed by atoms with Crippen molar-refractivity contribution in [2.24, 2.45) is 0 Å². The van der Waals surface area contributed by atoms with Crippen LogP contribution in [-0.4, -0.2) is 32.6 Å². The molecule has 0 saturated heterocycles. The highest BCUT2D eigenvalue weighted by Gasteiger charge is 2.19. The Morgan fingerprint density at radius 2 is 1.91 bits per heavy atom. The fraction of sp³-hybridized carbons (Fsp3) is 0.304. The first-order valence-corrected chi connectivity index (χ1v) is 11.0. The lowest BCUT2D eigenvalue weighted by Gasteiger charge is -2.14. The summed E-state index contributed by atoms with van der Waals surface area (Å²) < 4.78 is 32.5. The minimum absolute atomic E-state index is 0.0505. The van der Waals surface area contributed by atoms with Crippen molar-refractivity contribution in [3.8, 4) is 11.4 Å². The average Bonchev–Trinajstić information content (AvgIpc) is 3.19. The number of nitrogens with zero attached hydrogens (tertiary/aromatic N) is 3. The molecule has 0 spiro atoms. The van der Waals surface area contributed by atoms with Gasteiger partial charge in [0, 0.05) is 5.69 Å². The zero-order valence-corrected chi connectivity index (χ0v) is 19.2. The van der Waals surface area contributed by atoms with Gasteiger partial charge in [-0.2, -0.15) is 9.90 Å². The molecule has 1 heterocycles. The molecule has 0 atom stereocenters. The summed E-state index contributed by atoms with van der Waals surface area (Å²) in [5.41, 5.74) is 1.29. The summed E-state index contributed by atoms with van der Waals surface area (Å²) in [6.45, 7) is 4.09. The number of thiocarbonyl (C=S) groups is 1. The molecule has 2 N–H and O–H groups in total. The number of rotatable bonds is 9. The van der Waals surface area contributed by atoms with Gasteiger partial charge in [0.2, 0.25) is 0 Å². The number of amides is 1. The van der Waals surface area contributed by atoms with Gasteiger partial charge in [-0.15, -0.1) is 5.10 Å². The fourth-order valence-corrected chi connectivity index (χ4v) is 3.26. The number of nitrogens with one attached hydrogen (secondary N) is 2. The van der Waals surface area contributed by atoms with E-state index in [0.29, 0.717) is 23.7 Å². The molecule has 1 amide bonds. The van der Waals surface area contributed by atoms with Gasteiger partial charge in [-0.25, -0.2) is 8.78 Å². The summed E-state index contributed by atoms with van der Waals surface area (Å²) in [6, 6.07) is 13.4. The van der Waals surface area contributed by atoms with E-state index in [-0.39, 0.29) is 22.1 Å². The summed E-state index contributed by atoms with van der Waals surface area (Å²) in [6.07, 6.45) is 0.0608. The molecule has 0 unspecified atom stereocenters. The van der Waals surface area contributed by atoms with Crippen molar-refractivity contribution in [2.75, 3.05) is 11.9 Å². The number of aryl methyl sites for hydroxylation is 1. The van der Waals surface area contributed by atoms with E-state index >= 15 is 0 Å². The fourth-order valence-electron chi connectivity index (χ4n) is 3.05. The third-order valence-corrected chi connectivity index (χ3v) is 4.92. The topological polar surface area (TPSA) is 81.1 Å². The number of alkyl halides is 2. The normalized spacial score (nSPS) is 10.8. The minimum Gasteiger partial charge on any atom is -0.493 e. The van der Waals surface area contributed by atoms with Crippen LogP contribution in [0, 0.1) is 6.92 Å². The number of benzene rings is 2. The molecule has 0 saturated carbocycles. The smallest absolute Gasteiger partial charge is 0.279 e. The quantitative estimate of drug-likeness (QED) is 0.328. The van der Waals surface area contributed by atoms with Gasteiger partial charge in [-0.05, 0) is 55.9 Å². The molecule has 3 rings (SSSR count). The highest BCUT2D eigenvalue weighted by Crippen LogP contribution is 2.31. The van der Waals surface area contributed by atoms with Gasteiger partial charge < -0.3 is 10.1 Å². The van der Waals surface area contributed by atoms with Crippen molar-refractivity contribution < 1.29 is 18.3 Å². The number of carbonyl (C=O) groups is 1. The molecule has 0 aliphatic rings. The summed E-state index contributed by atoms with van der Waals surface area (Å²) >= 11 is 5.18. The molecule has 174 valence electrons. The Balaban J connectivity index is 1.65. The van der Waals surface area contributed by atoms with E-state index in [2.05, 4.69) is 27.8 Å². The molecule has 0 bridgehead atoms. The lowest BCUT2D eigenvalue weighted by atomic mass is 10.2. The van der Waals surface area contributed by atoms with Gasteiger partial charge in [-0.1, -0.05) is 38.0 Å². The van der Waals surface area contributed by atoms with Gasteiger partial charge in [0.1, 0.15) is 5.75 Å². The molecule has 1 aromatic heterocycles. The van der Waals surface area contributed by atoms with Gasteiger partial charge >= 0.3 is 0 Å². The molecule has 2 aromatic carbocycles. The van der Waals surface area contributed by atoms with E-state index in [1.54, 1.807) is 13.0 Å². The Labute approximate surface area is 196 Å². The Bertz CT molecular complexity index is 1110. The Hall–Kier alpha value is -3.40. The van der Waals surface area contributed by atoms with E-state index in [4.69, 9.17) is 17.0 Å². The third-order valence-electron chi connectivity index (χ3n) is 4.72. The van der Waals surface area contributed by atoms with Crippen molar-refractivity contribution in [3.63, 3.8) is 0 Å². The molecule has 7 nitrogen and oxygen atoms in total. The first kappa shape index (κ1) is 24.2. The molecule has 0 fully saturated rings. The second kappa shape index (κ2) is 11.5. The molecule has 0 radical (unpaired) electrons. The average molecular weight is 474 g/mol. The Morgan fingerprint density at radius 1 is 1.15 bits per heavy atom. The summed E-state index contributed by atoms with van der Waals surface area (Å²) in [7, 11) is 0. The highest BCUT2D eigenvalue weighted by molar-refractivity contribution is 7.80. The number of unbranched alkanes of at least 4 members (excludes halogenated alkanes) is 2. The van der Waals surface area contributed by atoms with Crippen molar-refractivity contribution >= 4 is 28.9 Å². The number of ether oxygens (including phenoxy) is 1. The molecule has 10 heteroatoms. The molecular formula is C23H25F2N5O2S. The van der Waals surface area contributed by atoms with E-state index < -0.39 is 12.3 Å². The Kier molecular flexibility index (Phi) is 8.42. The van der Waals surface area contributed by atoms with Crippen molar-refractivity contribution in [3.05, 3.63) is 65.5 Å². The largest absolute Gasteiger partial charge is 0.493 e. The van der Waals surface area contributed by atoms with Crippen molar-refractivity contribution in [2.45, 2.75) is 39.5 Å². The zero-order chi connectivity index (χ0) is 23.8. The van der Waals surface area contributed by atoms with Crippen LogP contribution in [0.15, 0.2) is 48.5 Å². The summed E-state index contributed by atoms with van der Waals surface area (Å²) in [5.74, 6) is -0.424. The monoisotopic (exact) mass is 473 g/mol. The van der Waals surface area contributed by atoms with Crippen LogP contribution in [-0.2, 0) is 0 Å². The van der Waals surface area contributed by atoms with Crippen LogP contribution in [0.3, 0.4) is 0 Å². The van der Waals surface area contributed by atoms with E-state index in [9.17, 15) is 13.6 Å². The van der Waals surface area contributed by atoms with Crippen LogP contribution in [0.1, 0.15) is 54.4 Å². The lowest BCUT2D eigenvalue weighted by molar-refractivity contribution is 0.0971. The first-order valence-electron chi connectivity index (χ1n) is 10.6. The maximum Gasteiger partial charge on any atom is 0.279 e. The van der Waals surface area contributed by atoms with Crippen LogP contribution in [0.4, 0.5) is 14.5 Å². The van der Waals surface area contributed by atoms with Crippen molar-refractivity contribution in [1.82, 2.24) is 20.3 Å². The predicted molar refractivity (Wildman–Crippen MR) is 126 cm³/mol. The van der Waals surface area contributed by atoms with Gasteiger partial charge in [0.25, 0.3) is 12.3 Å². The third kappa shape index (κ3) is 6.55. The lowest BCUT2D eigenvalue weighted by Crippen LogP contribution is -2.34. The zero-order valence-electron chi connectivity index (χ0n) is 18.3. The number of para-hydroxylation sites is 1. The van der Waals surface area contributed by atoms with Crippen molar-refractivity contribution in [1.29, 1.82) is 0 Å². The predicted octanol–water partition coefficient (Wildman–Crippen LogP) is 5.21. The molecule has 3 aromatic rings. The van der Waals surface area contributed by atoms with Gasteiger partial charge in [0.05, 0.1) is 23.6 Å². The standard InChI is InChI=1S/C23H25F2N5O2S/c1-3-4-8-13-32-19-12-11-16(14-18(19)21(24)25)26-23(33)27-22(31)20-15(2)28-30(29-20)17-9-6-5-7-10-17/h5-7,9-12,14,21H,3-4,8,13H2,1-2H3,(H2,26,27,31,33). The van der Waals surface area contributed by atoms with Crippen LogP contribution in [0.25, 0.3) is 5.69 Å². The summed E-state index contributed by atoms with van der Waals surface area (Å²) in [4.78, 5) is 14.0. The Morgan fingerprint density at radius 3 is 2.61 bits per heavy atom. The van der Waals surface area contributed by atoms with Crippen LogP contribution >= 0.6 is 12.2 Å². The highest BCUT2D eigenvalue weighted by atomic mass is 32.1. The maximum atomic E-state index is 13.5. The van der Waals surface area contributed by atoms with Gasteiger partial charge in [0.15, 0.2) is 10.8 Å². The van der Waals surface area contributed by atoms with E-state index in [1.165, 1.54) is 16.9 Å². The molecule has 0 aliphatic heterocycles. The SMILES string of the molecule is CCCCCOc1ccc(NC(=S)NC(=O)c2nn(-c3ccccc3)nc2C)cc1C(F)F. The minimum atomic E-state index is -2.72. The molecular weight excluding hydrogens is 448 g/mol. The number of hydrogen-bond acceptors (Lipinski definition) is 5. The number of halogens is 2. The van der Waals surface area contributed by atoms with Gasteiger partial charge in [-0.3, -0.25) is 10.1 Å².